The highest BCUT2D eigenvalue weighted by Gasteiger charge is 2.15. The van der Waals surface area contributed by atoms with Crippen LogP contribution in [0.1, 0.15) is 15.9 Å². The Kier molecular flexibility index (Phi) is 3.05. The predicted molar refractivity (Wildman–Crippen MR) is 47.8 cm³/mol. The van der Waals surface area contributed by atoms with Gasteiger partial charge in [0, 0.05) is 11.6 Å². The first-order valence-electron chi connectivity index (χ1n) is 3.62. The molecule has 0 aliphatic carbocycles. The van der Waals surface area contributed by atoms with Crippen LogP contribution >= 0.6 is 11.6 Å². The number of carbonyl (C=O) groups excluding carboxylic acids is 1. The fourth-order valence-corrected chi connectivity index (χ4v) is 1.15. The van der Waals surface area contributed by atoms with E-state index < -0.39 is 17.3 Å². The summed E-state index contributed by atoms with van der Waals surface area (Å²) in [5.74, 6) is -2.30. The first kappa shape index (κ1) is 10.5. The van der Waals surface area contributed by atoms with Crippen LogP contribution in [0, 0.1) is 17.1 Å². The Morgan fingerprint density at radius 1 is 1.64 bits per heavy atom. The summed E-state index contributed by atoms with van der Waals surface area (Å²) < 4.78 is 12.8. The van der Waals surface area contributed by atoms with E-state index >= 15 is 0 Å². The molecule has 3 nitrogen and oxygen atoms in total. The molecule has 0 unspecified atom stereocenters. The highest BCUT2D eigenvalue weighted by Crippen LogP contribution is 2.22. The number of carbonyl (C=O) groups is 1. The molecule has 0 radical (unpaired) electrons. The van der Waals surface area contributed by atoms with Crippen molar-refractivity contribution in [1.82, 2.24) is 0 Å². The molecule has 72 valence electrons. The number of phenols is 1. The van der Waals surface area contributed by atoms with Gasteiger partial charge in [0.25, 0.3) is 0 Å². The van der Waals surface area contributed by atoms with Gasteiger partial charge >= 0.3 is 0 Å². The lowest BCUT2D eigenvalue weighted by Crippen LogP contribution is -2.04. The standard InChI is InChI=1S/C9H5ClFNO2/c10-3-9(14)6-1-5(11)2-8(13)7(6)4-12/h1-2,13H,3H2. The van der Waals surface area contributed by atoms with Gasteiger partial charge in [-0.15, -0.1) is 11.6 Å². The number of aromatic hydroxyl groups is 1. The Labute approximate surface area is 84.3 Å². The van der Waals surface area contributed by atoms with E-state index in [1.807, 2.05) is 0 Å². The molecule has 0 aromatic heterocycles. The maximum Gasteiger partial charge on any atom is 0.179 e. The monoisotopic (exact) mass is 213 g/mol. The van der Waals surface area contributed by atoms with Crippen LogP contribution in [0.3, 0.4) is 0 Å². The number of hydrogen-bond donors (Lipinski definition) is 1. The SMILES string of the molecule is N#Cc1c(O)cc(F)cc1C(=O)CCl. The quantitative estimate of drug-likeness (QED) is 0.602. The van der Waals surface area contributed by atoms with Crippen LogP contribution in [-0.2, 0) is 0 Å². The molecule has 1 aromatic rings. The molecule has 0 aliphatic rings. The van der Waals surface area contributed by atoms with Crippen molar-refractivity contribution in [2.45, 2.75) is 0 Å². The zero-order valence-electron chi connectivity index (χ0n) is 6.92. The molecule has 1 rings (SSSR count). The normalized spacial score (nSPS) is 9.50. The van der Waals surface area contributed by atoms with E-state index in [2.05, 4.69) is 0 Å². The lowest BCUT2D eigenvalue weighted by atomic mass is 10.0. The molecule has 0 fully saturated rings. The Hall–Kier alpha value is -1.60. The zero-order valence-corrected chi connectivity index (χ0v) is 7.68. The fraction of sp³-hybridized carbons (Fsp3) is 0.111. The van der Waals surface area contributed by atoms with Crippen molar-refractivity contribution in [1.29, 1.82) is 5.26 Å². The number of nitriles is 1. The average molecular weight is 214 g/mol. The second kappa shape index (κ2) is 4.07. The lowest BCUT2D eigenvalue weighted by Gasteiger charge is -2.02. The van der Waals surface area contributed by atoms with E-state index in [0.29, 0.717) is 0 Å². The predicted octanol–water partition coefficient (Wildman–Crippen LogP) is 1.82. The fourth-order valence-electron chi connectivity index (χ4n) is 1.00. The van der Waals surface area contributed by atoms with Gasteiger partial charge in [-0.25, -0.2) is 4.39 Å². The summed E-state index contributed by atoms with van der Waals surface area (Å²) in [6.07, 6.45) is 0. The number of halogens is 2. The number of ketones is 1. The summed E-state index contributed by atoms with van der Waals surface area (Å²) in [7, 11) is 0. The van der Waals surface area contributed by atoms with Gasteiger partial charge in [-0.1, -0.05) is 0 Å². The number of nitrogens with zero attached hydrogens (tertiary/aromatic N) is 1. The van der Waals surface area contributed by atoms with Crippen LogP contribution in [0.4, 0.5) is 4.39 Å². The van der Waals surface area contributed by atoms with Gasteiger partial charge in [0.2, 0.25) is 0 Å². The lowest BCUT2D eigenvalue weighted by molar-refractivity contribution is 0.102. The van der Waals surface area contributed by atoms with Crippen LogP contribution in [-0.4, -0.2) is 16.8 Å². The minimum atomic E-state index is -0.782. The summed E-state index contributed by atoms with van der Waals surface area (Å²) in [4.78, 5) is 11.1. The van der Waals surface area contributed by atoms with Crippen molar-refractivity contribution in [3.05, 3.63) is 29.1 Å². The molecule has 0 heterocycles. The van der Waals surface area contributed by atoms with Gasteiger partial charge in [-0.2, -0.15) is 5.26 Å². The molecule has 0 bridgehead atoms. The van der Waals surface area contributed by atoms with Crippen molar-refractivity contribution in [2.75, 3.05) is 5.88 Å². The summed E-state index contributed by atoms with van der Waals surface area (Å²) in [5, 5.41) is 17.8. The zero-order chi connectivity index (χ0) is 10.7. The molecule has 5 heteroatoms. The van der Waals surface area contributed by atoms with Crippen LogP contribution in [0.5, 0.6) is 5.75 Å². The topological polar surface area (TPSA) is 61.1 Å². The van der Waals surface area contributed by atoms with Crippen LogP contribution in [0.2, 0.25) is 0 Å². The largest absolute Gasteiger partial charge is 0.506 e. The third kappa shape index (κ3) is 1.83. The number of benzene rings is 1. The van der Waals surface area contributed by atoms with E-state index in [1.165, 1.54) is 0 Å². The molecular weight excluding hydrogens is 209 g/mol. The maximum atomic E-state index is 12.8. The van der Waals surface area contributed by atoms with Gasteiger partial charge in [-0.3, -0.25) is 4.79 Å². The van der Waals surface area contributed by atoms with Gasteiger partial charge in [0.1, 0.15) is 23.2 Å². The number of rotatable bonds is 2. The molecule has 1 aromatic carbocycles. The van der Waals surface area contributed by atoms with Gasteiger partial charge in [0.05, 0.1) is 5.88 Å². The molecule has 0 atom stereocenters. The average Bonchev–Trinajstić information content (AvgIpc) is 2.15. The second-order valence-corrected chi connectivity index (χ2v) is 2.78. The Morgan fingerprint density at radius 3 is 2.79 bits per heavy atom. The van der Waals surface area contributed by atoms with Crippen molar-refractivity contribution in [2.24, 2.45) is 0 Å². The molecule has 1 N–H and O–H groups in total. The second-order valence-electron chi connectivity index (χ2n) is 2.52. The Balaban J connectivity index is 3.41. The highest BCUT2D eigenvalue weighted by atomic mass is 35.5. The maximum absolute atomic E-state index is 12.8. The number of alkyl halides is 1. The van der Waals surface area contributed by atoms with Gasteiger partial charge in [-0.05, 0) is 6.07 Å². The van der Waals surface area contributed by atoms with Crippen molar-refractivity contribution < 1.29 is 14.3 Å². The number of phenolic OH excluding ortho intramolecular Hbond substituents is 1. The minimum absolute atomic E-state index is 0.194. The molecule has 14 heavy (non-hydrogen) atoms. The van der Waals surface area contributed by atoms with E-state index in [0.717, 1.165) is 12.1 Å². The summed E-state index contributed by atoms with van der Waals surface area (Å²) in [5.41, 5.74) is -0.447. The highest BCUT2D eigenvalue weighted by molar-refractivity contribution is 6.30. The third-order valence-electron chi connectivity index (χ3n) is 1.62. The van der Waals surface area contributed by atoms with E-state index in [4.69, 9.17) is 22.0 Å². The molecule has 0 aliphatic heterocycles. The van der Waals surface area contributed by atoms with E-state index in [1.54, 1.807) is 6.07 Å². The Morgan fingerprint density at radius 2 is 2.29 bits per heavy atom. The van der Waals surface area contributed by atoms with Crippen LogP contribution in [0.25, 0.3) is 0 Å². The number of Topliss-reactive ketones (excluding diaryl/α,β-unsaturated/α-hetero) is 1. The molecule has 0 spiro atoms. The smallest absolute Gasteiger partial charge is 0.179 e. The third-order valence-corrected chi connectivity index (χ3v) is 1.86. The number of hydrogen-bond acceptors (Lipinski definition) is 3. The van der Waals surface area contributed by atoms with E-state index in [9.17, 15) is 9.18 Å². The van der Waals surface area contributed by atoms with Gasteiger partial charge in [0.15, 0.2) is 5.78 Å². The first-order valence-corrected chi connectivity index (χ1v) is 4.15. The molecular formula is C9H5ClFNO2. The summed E-state index contributed by atoms with van der Waals surface area (Å²) >= 11 is 5.26. The van der Waals surface area contributed by atoms with Crippen molar-refractivity contribution in [3.8, 4) is 11.8 Å². The minimum Gasteiger partial charge on any atom is -0.506 e. The Bertz CT molecular complexity index is 426. The molecule has 0 amide bonds. The summed E-state index contributed by atoms with van der Waals surface area (Å²) in [6.45, 7) is 0. The summed E-state index contributed by atoms with van der Waals surface area (Å²) in [6, 6.07) is 3.26. The van der Waals surface area contributed by atoms with Crippen LogP contribution < -0.4 is 0 Å². The molecule has 0 saturated heterocycles. The van der Waals surface area contributed by atoms with E-state index in [-0.39, 0.29) is 17.0 Å². The molecule has 0 saturated carbocycles. The van der Waals surface area contributed by atoms with Crippen LogP contribution in [0.15, 0.2) is 12.1 Å². The van der Waals surface area contributed by atoms with Gasteiger partial charge < -0.3 is 5.11 Å². The van der Waals surface area contributed by atoms with Crippen molar-refractivity contribution in [3.63, 3.8) is 0 Å². The first-order chi connectivity index (χ1) is 6.60. The van der Waals surface area contributed by atoms with Crippen molar-refractivity contribution >= 4 is 17.4 Å².